The largest absolute Gasteiger partial charge is 0.374 e. The third kappa shape index (κ3) is 6.64. The summed E-state index contributed by atoms with van der Waals surface area (Å²) >= 11 is 0. The van der Waals surface area contributed by atoms with Gasteiger partial charge in [0.1, 0.15) is 6.10 Å². The van der Waals surface area contributed by atoms with Gasteiger partial charge in [0.2, 0.25) is 0 Å². The lowest BCUT2D eigenvalue weighted by Gasteiger charge is -2.17. The van der Waals surface area contributed by atoms with Crippen LogP contribution in [-0.4, -0.2) is 19.3 Å². The monoisotopic (exact) mass is 339 g/mol. The van der Waals surface area contributed by atoms with Crippen LogP contribution in [0.2, 0.25) is 0 Å². The van der Waals surface area contributed by atoms with Crippen LogP contribution in [0.25, 0.3) is 12.2 Å². The molecule has 2 N–H and O–H groups in total. The molecule has 0 spiro atoms. The minimum absolute atomic E-state index is 0.236. The van der Waals surface area contributed by atoms with Crippen LogP contribution in [0.4, 0.5) is 0 Å². The summed E-state index contributed by atoms with van der Waals surface area (Å²) in [5.74, 6) is 5.20. The summed E-state index contributed by atoms with van der Waals surface area (Å²) < 4.78 is 11.6. The molecule has 0 aliphatic rings. The summed E-state index contributed by atoms with van der Waals surface area (Å²) in [4.78, 5) is 4.74. The maximum absolute atomic E-state index is 5.87. The fourth-order valence-electron chi connectivity index (χ4n) is 2.39. The highest BCUT2D eigenvalue weighted by molar-refractivity contribution is 5.48. The molecule has 132 valence electrons. The molecule has 0 saturated heterocycles. The van der Waals surface area contributed by atoms with E-state index in [1.54, 1.807) is 0 Å². The minimum atomic E-state index is -0.236. The van der Waals surface area contributed by atoms with E-state index in [4.69, 9.17) is 20.2 Å². The van der Waals surface area contributed by atoms with Crippen molar-refractivity contribution in [3.05, 3.63) is 83.9 Å². The van der Waals surface area contributed by atoms with Crippen molar-refractivity contribution >= 4 is 12.2 Å². The van der Waals surface area contributed by atoms with E-state index in [2.05, 4.69) is 13.2 Å². The van der Waals surface area contributed by atoms with Crippen molar-refractivity contribution in [3.8, 4) is 0 Å². The number of benzene rings is 2. The van der Waals surface area contributed by atoms with Crippen LogP contribution in [0.1, 0.15) is 22.3 Å². The zero-order valence-corrected chi connectivity index (χ0v) is 14.4. The average molecular weight is 339 g/mol. The molecule has 4 nitrogen and oxygen atoms in total. The molecule has 2 aromatic rings. The Morgan fingerprint density at radius 2 is 1.48 bits per heavy atom. The van der Waals surface area contributed by atoms with Crippen molar-refractivity contribution in [2.45, 2.75) is 19.3 Å². The van der Waals surface area contributed by atoms with Crippen LogP contribution in [0.5, 0.6) is 0 Å². The Morgan fingerprint density at radius 1 is 0.880 bits per heavy atom. The quantitative estimate of drug-likeness (QED) is 0.630. The summed E-state index contributed by atoms with van der Waals surface area (Å²) in [6.07, 6.45) is 3.39. The highest BCUT2D eigenvalue weighted by Gasteiger charge is 2.10. The van der Waals surface area contributed by atoms with Crippen molar-refractivity contribution in [1.29, 1.82) is 0 Å². The molecule has 0 radical (unpaired) electrons. The fraction of sp³-hybridized carbons (Fsp3) is 0.238. The molecular formula is C21H25NO3. The van der Waals surface area contributed by atoms with Gasteiger partial charge in [-0.05, 0) is 34.4 Å². The van der Waals surface area contributed by atoms with Crippen molar-refractivity contribution in [3.63, 3.8) is 0 Å². The van der Waals surface area contributed by atoms with Gasteiger partial charge in [-0.15, -0.1) is 0 Å². The van der Waals surface area contributed by atoms with Gasteiger partial charge in [-0.25, -0.2) is 5.90 Å². The second-order valence-electron chi connectivity index (χ2n) is 5.68. The van der Waals surface area contributed by atoms with Gasteiger partial charge >= 0.3 is 0 Å². The molecule has 1 atom stereocenters. The van der Waals surface area contributed by atoms with E-state index in [0.29, 0.717) is 19.8 Å². The van der Waals surface area contributed by atoms with E-state index < -0.39 is 0 Å². The standard InChI is InChI=1S/C21H25NO3/c1-3-17-7-5-9-19(11-17)13-23-15-21(16-25-22)24-14-20-10-6-8-18(4-2)12-20/h3-12,21H,1-2,13-16,22H2. The van der Waals surface area contributed by atoms with E-state index in [0.717, 1.165) is 22.3 Å². The smallest absolute Gasteiger partial charge is 0.107 e. The second-order valence-corrected chi connectivity index (χ2v) is 5.68. The van der Waals surface area contributed by atoms with E-state index in [1.165, 1.54) is 0 Å². The van der Waals surface area contributed by atoms with Crippen LogP contribution in [0, 0.1) is 0 Å². The molecule has 1 unspecified atom stereocenters. The second kappa shape index (κ2) is 10.6. The number of rotatable bonds is 11. The predicted octanol–water partition coefficient (Wildman–Crippen LogP) is 3.96. The molecular weight excluding hydrogens is 314 g/mol. The van der Waals surface area contributed by atoms with Crippen LogP contribution >= 0.6 is 0 Å². The van der Waals surface area contributed by atoms with Crippen LogP contribution in [0.3, 0.4) is 0 Å². The molecule has 0 aliphatic carbocycles. The number of nitrogens with two attached hydrogens (primary N) is 1. The Balaban J connectivity index is 1.83. The van der Waals surface area contributed by atoms with Gasteiger partial charge in [-0.2, -0.15) is 0 Å². The minimum Gasteiger partial charge on any atom is -0.374 e. The predicted molar refractivity (Wildman–Crippen MR) is 101 cm³/mol. The van der Waals surface area contributed by atoms with E-state index in [9.17, 15) is 0 Å². The molecule has 4 heteroatoms. The van der Waals surface area contributed by atoms with E-state index >= 15 is 0 Å². The molecule has 0 bridgehead atoms. The normalized spacial score (nSPS) is 11.9. The molecule has 0 aromatic heterocycles. The van der Waals surface area contributed by atoms with Gasteiger partial charge in [0, 0.05) is 0 Å². The first-order valence-electron chi connectivity index (χ1n) is 8.19. The third-order valence-corrected chi connectivity index (χ3v) is 3.71. The Kier molecular flexibility index (Phi) is 8.09. The van der Waals surface area contributed by atoms with Gasteiger partial charge < -0.3 is 14.3 Å². The first kappa shape index (κ1) is 19.1. The molecule has 2 aromatic carbocycles. The lowest BCUT2D eigenvalue weighted by molar-refractivity contribution is -0.0705. The molecule has 25 heavy (non-hydrogen) atoms. The van der Waals surface area contributed by atoms with E-state index in [1.807, 2.05) is 60.7 Å². The van der Waals surface area contributed by atoms with Gasteiger partial charge in [-0.1, -0.05) is 61.7 Å². The topological polar surface area (TPSA) is 53.7 Å². The number of hydrogen-bond donors (Lipinski definition) is 1. The van der Waals surface area contributed by atoms with Gasteiger partial charge in [-0.3, -0.25) is 0 Å². The first-order chi connectivity index (χ1) is 12.2. The lowest BCUT2D eigenvalue weighted by atomic mass is 10.1. The number of hydrogen-bond acceptors (Lipinski definition) is 4. The zero-order chi connectivity index (χ0) is 17.9. The molecule has 0 heterocycles. The summed E-state index contributed by atoms with van der Waals surface area (Å²) in [5, 5.41) is 0. The van der Waals surface area contributed by atoms with Gasteiger partial charge in [0.25, 0.3) is 0 Å². The fourth-order valence-corrected chi connectivity index (χ4v) is 2.39. The van der Waals surface area contributed by atoms with E-state index in [-0.39, 0.29) is 12.7 Å². The zero-order valence-electron chi connectivity index (χ0n) is 14.4. The molecule has 0 amide bonds. The first-order valence-corrected chi connectivity index (χ1v) is 8.19. The Morgan fingerprint density at radius 3 is 2.04 bits per heavy atom. The average Bonchev–Trinajstić information content (AvgIpc) is 2.66. The Hall–Kier alpha value is -2.24. The summed E-state index contributed by atoms with van der Waals surface area (Å²) in [5.41, 5.74) is 4.29. The lowest BCUT2D eigenvalue weighted by Crippen LogP contribution is -2.27. The summed E-state index contributed by atoms with van der Waals surface area (Å²) in [6.45, 7) is 9.18. The summed E-state index contributed by atoms with van der Waals surface area (Å²) in [7, 11) is 0. The number of ether oxygens (including phenoxy) is 2. The summed E-state index contributed by atoms with van der Waals surface area (Å²) in [6, 6.07) is 16.1. The molecule has 2 rings (SSSR count). The molecule has 0 aliphatic heterocycles. The van der Waals surface area contributed by atoms with Crippen molar-refractivity contribution < 1.29 is 14.3 Å². The van der Waals surface area contributed by atoms with Gasteiger partial charge in [0.05, 0.1) is 26.4 Å². The van der Waals surface area contributed by atoms with Crippen molar-refractivity contribution in [1.82, 2.24) is 0 Å². The van der Waals surface area contributed by atoms with Crippen molar-refractivity contribution in [2.75, 3.05) is 13.2 Å². The Bertz CT molecular complexity index is 684. The SMILES string of the molecule is C=Cc1cccc(COCC(CON)OCc2cccc(C=C)c2)c1. The maximum Gasteiger partial charge on any atom is 0.107 e. The molecule has 0 fully saturated rings. The third-order valence-electron chi connectivity index (χ3n) is 3.71. The van der Waals surface area contributed by atoms with Crippen molar-refractivity contribution in [2.24, 2.45) is 5.90 Å². The van der Waals surface area contributed by atoms with Crippen LogP contribution in [-0.2, 0) is 27.5 Å². The van der Waals surface area contributed by atoms with Crippen LogP contribution in [0.15, 0.2) is 61.7 Å². The van der Waals surface area contributed by atoms with Gasteiger partial charge in [0.15, 0.2) is 0 Å². The van der Waals surface area contributed by atoms with Crippen LogP contribution < -0.4 is 5.90 Å². The maximum atomic E-state index is 5.87. The molecule has 0 saturated carbocycles. The highest BCUT2D eigenvalue weighted by atomic mass is 16.6. The Labute approximate surface area is 149 Å². The highest BCUT2D eigenvalue weighted by Crippen LogP contribution is 2.11.